The maximum Gasteiger partial charge on any atom is 0.343 e. The third-order valence-corrected chi connectivity index (χ3v) is 9.92. The van der Waals surface area contributed by atoms with Crippen LogP contribution in [-0.4, -0.2) is 25.1 Å². The first-order valence-corrected chi connectivity index (χ1v) is 13.7. The molecule has 0 radical (unpaired) electrons. The summed E-state index contributed by atoms with van der Waals surface area (Å²) in [5, 5.41) is 6.89. The molecule has 4 unspecified atom stereocenters. The first kappa shape index (κ1) is 26.2. The van der Waals surface area contributed by atoms with Gasteiger partial charge < -0.3 is 24.5 Å². The van der Waals surface area contributed by atoms with Crippen molar-refractivity contribution < 1.29 is 23.5 Å². The zero-order valence-corrected chi connectivity index (χ0v) is 23.4. The van der Waals surface area contributed by atoms with Gasteiger partial charge in [0, 0.05) is 22.6 Å². The van der Waals surface area contributed by atoms with Crippen molar-refractivity contribution in [2.45, 2.75) is 58.7 Å². The summed E-state index contributed by atoms with van der Waals surface area (Å²) in [7, 11) is 1.56. The standard InChI is InChI=1S/C32H34N2O6/c1-30(2)20-13-14-31(30,3)25(17-20)40-26(35)12-9-18-7-6-8-23-27(18)28(36)34-32(4,33-23)22-16-19-15-21(38-5)10-11-24(19)39-29(22)37/h6-12,15-16,20,25,33H,13-14,17H2,1-5H3,(H,34,36)/b12-9+. The third kappa shape index (κ3) is 3.92. The van der Waals surface area contributed by atoms with Crippen molar-refractivity contribution in [2.24, 2.45) is 16.7 Å². The fraction of sp³-hybridized carbons (Fsp3) is 0.406. The highest BCUT2D eigenvalue weighted by Crippen LogP contribution is 2.66. The van der Waals surface area contributed by atoms with Gasteiger partial charge in [0.15, 0.2) is 0 Å². The van der Waals surface area contributed by atoms with Gasteiger partial charge in [0.25, 0.3) is 5.91 Å². The molecule has 40 heavy (non-hydrogen) atoms. The maximum atomic E-state index is 13.4. The molecular formula is C32H34N2O6. The van der Waals surface area contributed by atoms with Crippen LogP contribution in [0, 0.1) is 16.7 Å². The van der Waals surface area contributed by atoms with Crippen molar-refractivity contribution in [2.75, 3.05) is 12.4 Å². The number of fused-ring (bicyclic) bond motifs is 4. The molecule has 208 valence electrons. The van der Waals surface area contributed by atoms with Crippen molar-refractivity contribution in [3.05, 3.63) is 75.7 Å². The minimum absolute atomic E-state index is 0.0259. The van der Waals surface area contributed by atoms with Gasteiger partial charge in [0.05, 0.1) is 18.2 Å². The fourth-order valence-corrected chi connectivity index (χ4v) is 7.01. The Kier molecular flexibility index (Phi) is 5.87. The van der Waals surface area contributed by atoms with E-state index < -0.39 is 17.3 Å². The van der Waals surface area contributed by atoms with Crippen molar-refractivity contribution >= 4 is 34.6 Å². The quantitative estimate of drug-likeness (QED) is 0.245. The number of carbonyl (C=O) groups excluding carboxylic acids is 2. The largest absolute Gasteiger partial charge is 0.497 e. The first-order valence-electron chi connectivity index (χ1n) is 13.7. The summed E-state index contributed by atoms with van der Waals surface area (Å²) >= 11 is 0. The van der Waals surface area contributed by atoms with Crippen molar-refractivity contribution in [1.82, 2.24) is 5.32 Å². The highest BCUT2D eigenvalue weighted by Gasteiger charge is 2.62. The van der Waals surface area contributed by atoms with Crippen LogP contribution in [0.15, 0.2) is 57.8 Å². The molecule has 2 aromatic carbocycles. The van der Waals surface area contributed by atoms with Crippen LogP contribution in [0.25, 0.3) is 17.0 Å². The molecule has 8 heteroatoms. The first-order chi connectivity index (χ1) is 18.9. The molecule has 2 bridgehead atoms. The number of esters is 1. The molecule has 1 aliphatic heterocycles. The molecule has 0 spiro atoms. The molecule has 1 aromatic heterocycles. The van der Waals surface area contributed by atoms with E-state index in [-0.39, 0.29) is 28.4 Å². The lowest BCUT2D eigenvalue weighted by Crippen LogP contribution is -2.55. The molecule has 2 saturated carbocycles. The maximum absolute atomic E-state index is 13.4. The summed E-state index contributed by atoms with van der Waals surface area (Å²) in [6.45, 7) is 8.50. The summed E-state index contributed by atoms with van der Waals surface area (Å²) in [6.07, 6.45) is 6.03. The molecule has 0 saturated heterocycles. The van der Waals surface area contributed by atoms with Gasteiger partial charge in [-0.1, -0.05) is 32.9 Å². The molecule has 2 aliphatic carbocycles. The van der Waals surface area contributed by atoms with E-state index in [1.807, 2.05) is 0 Å². The van der Waals surface area contributed by atoms with Crippen LogP contribution >= 0.6 is 0 Å². The van der Waals surface area contributed by atoms with E-state index in [9.17, 15) is 14.4 Å². The minimum atomic E-state index is -1.23. The average Bonchev–Trinajstić information content (AvgIpc) is 3.24. The SMILES string of the molecule is COc1ccc2oc(=O)c(C3(C)NC(=O)c4c(/C=C/C(=O)OC5CC6CCC5(C)C6(C)C)cccc4N3)cc2c1. The summed E-state index contributed by atoms with van der Waals surface area (Å²) in [4.78, 5) is 39.2. The Bertz CT molecular complexity index is 1640. The lowest BCUT2D eigenvalue weighted by molar-refractivity contribution is -0.150. The number of nitrogens with one attached hydrogen (secondary N) is 2. The van der Waals surface area contributed by atoms with Crippen LogP contribution in [0.5, 0.6) is 5.75 Å². The van der Waals surface area contributed by atoms with E-state index in [2.05, 4.69) is 31.4 Å². The minimum Gasteiger partial charge on any atom is -0.497 e. The number of hydrogen-bond acceptors (Lipinski definition) is 7. The van der Waals surface area contributed by atoms with Crippen molar-refractivity contribution in [1.29, 1.82) is 0 Å². The number of rotatable bonds is 5. The molecule has 2 fully saturated rings. The molecule has 2 N–H and O–H groups in total. The predicted molar refractivity (Wildman–Crippen MR) is 152 cm³/mol. The van der Waals surface area contributed by atoms with Gasteiger partial charge >= 0.3 is 11.6 Å². The normalized spacial score (nSPS) is 28.3. The van der Waals surface area contributed by atoms with E-state index in [1.165, 1.54) is 12.5 Å². The zero-order chi connectivity index (χ0) is 28.4. The van der Waals surface area contributed by atoms with Crippen molar-refractivity contribution in [3.8, 4) is 5.75 Å². The second kappa shape index (κ2) is 8.98. The smallest absolute Gasteiger partial charge is 0.343 e. The highest BCUT2D eigenvalue weighted by atomic mass is 16.5. The Morgan fingerprint density at radius 1 is 1.07 bits per heavy atom. The van der Waals surface area contributed by atoms with Gasteiger partial charge in [0.1, 0.15) is 23.1 Å². The number of carbonyl (C=O) groups is 2. The van der Waals surface area contributed by atoms with Crippen molar-refractivity contribution in [3.63, 3.8) is 0 Å². The number of ether oxygens (including phenoxy) is 2. The molecular weight excluding hydrogens is 508 g/mol. The molecule has 3 aromatic rings. The average molecular weight is 543 g/mol. The fourth-order valence-electron chi connectivity index (χ4n) is 7.01. The number of hydrogen-bond donors (Lipinski definition) is 2. The Labute approximate surface area is 232 Å². The number of anilines is 1. The molecule has 8 nitrogen and oxygen atoms in total. The monoisotopic (exact) mass is 542 g/mol. The number of amides is 1. The van der Waals surface area contributed by atoms with Gasteiger partial charge in [-0.05, 0) is 79.5 Å². The Balaban J connectivity index is 1.25. The second-order valence-corrected chi connectivity index (χ2v) is 12.2. The second-order valence-electron chi connectivity index (χ2n) is 12.2. The van der Waals surface area contributed by atoms with E-state index >= 15 is 0 Å². The van der Waals surface area contributed by atoms with Gasteiger partial charge in [-0.2, -0.15) is 0 Å². The molecule has 1 amide bonds. The summed E-state index contributed by atoms with van der Waals surface area (Å²) in [5.74, 6) is 0.399. The molecule has 2 heterocycles. The topological polar surface area (TPSA) is 107 Å². The Morgan fingerprint density at radius 3 is 2.58 bits per heavy atom. The highest BCUT2D eigenvalue weighted by molar-refractivity contribution is 6.06. The molecule has 6 rings (SSSR count). The van der Waals surface area contributed by atoms with Crippen LogP contribution in [0.2, 0.25) is 0 Å². The zero-order valence-electron chi connectivity index (χ0n) is 23.4. The van der Waals surface area contributed by atoms with Gasteiger partial charge in [-0.3, -0.25) is 4.79 Å². The van der Waals surface area contributed by atoms with Crippen LogP contribution in [0.4, 0.5) is 5.69 Å². The van der Waals surface area contributed by atoms with E-state index in [1.54, 1.807) is 62.6 Å². The van der Waals surface area contributed by atoms with Crippen LogP contribution < -0.4 is 21.0 Å². The number of methoxy groups -OCH3 is 1. The van der Waals surface area contributed by atoms with Crippen LogP contribution in [-0.2, 0) is 15.2 Å². The Hall–Kier alpha value is -4.07. The molecule has 3 aliphatic rings. The summed E-state index contributed by atoms with van der Waals surface area (Å²) in [6, 6.07) is 12.2. The van der Waals surface area contributed by atoms with Crippen LogP contribution in [0.3, 0.4) is 0 Å². The molecule has 4 atom stereocenters. The van der Waals surface area contributed by atoms with E-state index in [0.29, 0.717) is 39.5 Å². The number of benzene rings is 2. The summed E-state index contributed by atoms with van der Waals surface area (Å²) < 4.78 is 16.8. The summed E-state index contributed by atoms with van der Waals surface area (Å²) in [5.41, 5.74) is 0.476. The Morgan fingerprint density at radius 2 is 1.88 bits per heavy atom. The van der Waals surface area contributed by atoms with Crippen LogP contribution in [0.1, 0.15) is 68.4 Å². The lowest BCUT2D eigenvalue weighted by Gasteiger charge is -2.38. The van der Waals surface area contributed by atoms with Gasteiger partial charge in [-0.15, -0.1) is 0 Å². The predicted octanol–water partition coefficient (Wildman–Crippen LogP) is 5.60. The van der Waals surface area contributed by atoms with Gasteiger partial charge in [-0.25, -0.2) is 9.59 Å². The lowest BCUT2D eigenvalue weighted by atomic mass is 9.70. The van der Waals surface area contributed by atoms with E-state index in [0.717, 1.165) is 12.8 Å². The third-order valence-electron chi connectivity index (χ3n) is 9.92. The van der Waals surface area contributed by atoms with Gasteiger partial charge in [0.2, 0.25) is 0 Å². The van der Waals surface area contributed by atoms with E-state index in [4.69, 9.17) is 13.9 Å².